The molecule has 6 heteroatoms. The number of phenolic OH excluding ortho intramolecular Hbond substituents is 1. The van der Waals surface area contributed by atoms with Gasteiger partial charge in [-0.3, -0.25) is 9.59 Å². The summed E-state index contributed by atoms with van der Waals surface area (Å²) in [4.78, 5) is 26.8. The first-order chi connectivity index (χ1) is 13.8. The van der Waals surface area contributed by atoms with Crippen LogP contribution >= 0.6 is 11.8 Å². The fourth-order valence-corrected chi connectivity index (χ4v) is 4.46. The Morgan fingerprint density at radius 1 is 1.17 bits per heavy atom. The molecule has 1 saturated heterocycles. The second-order valence-electron chi connectivity index (χ2n) is 9.79. The minimum atomic E-state index is -0.252. The maximum absolute atomic E-state index is 13.0. The molecule has 1 aromatic rings. The SMILES string of the molecule is COC(=O)CCCN1CCSC(=Cc2cc(C(C)(C)C)c(O)c(C(C)(C)C)c2)C1=O. The monoisotopic (exact) mass is 433 g/mol. The average molecular weight is 434 g/mol. The topological polar surface area (TPSA) is 66.8 Å². The number of methoxy groups -OCH3 is 1. The normalized spacial score (nSPS) is 16.8. The van der Waals surface area contributed by atoms with Gasteiger partial charge in [-0.15, -0.1) is 11.8 Å². The number of rotatable bonds is 5. The first kappa shape index (κ1) is 24.3. The molecule has 30 heavy (non-hydrogen) atoms. The zero-order valence-electron chi connectivity index (χ0n) is 19.3. The summed E-state index contributed by atoms with van der Waals surface area (Å²) in [6.45, 7) is 13.7. The molecular formula is C24H35NO4S. The van der Waals surface area contributed by atoms with E-state index in [1.165, 1.54) is 7.11 Å². The number of hydrogen-bond acceptors (Lipinski definition) is 5. The lowest BCUT2D eigenvalue weighted by Crippen LogP contribution is -2.37. The maximum atomic E-state index is 13.0. The van der Waals surface area contributed by atoms with Crippen LogP contribution in [-0.2, 0) is 25.2 Å². The Hall–Kier alpha value is -1.95. The molecule has 5 nitrogen and oxygen atoms in total. The van der Waals surface area contributed by atoms with Crippen molar-refractivity contribution in [1.82, 2.24) is 4.90 Å². The molecule has 166 valence electrons. The van der Waals surface area contributed by atoms with Crippen molar-refractivity contribution in [2.45, 2.75) is 65.2 Å². The maximum Gasteiger partial charge on any atom is 0.305 e. The van der Waals surface area contributed by atoms with Crippen molar-refractivity contribution in [3.63, 3.8) is 0 Å². The Kier molecular flexibility index (Phi) is 7.67. The molecule has 1 fully saturated rings. The van der Waals surface area contributed by atoms with Gasteiger partial charge >= 0.3 is 5.97 Å². The van der Waals surface area contributed by atoms with Crippen LogP contribution in [0.25, 0.3) is 6.08 Å². The molecule has 1 aromatic carbocycles. The number of benzene rings is 1. The molecule has 0 aliphatic carbocycles. The molecule has 0 spiro atoms. The average Bonchev–Trinajstić information content (AvgIpc) is 2.63. The summed E-state index contributed by atoms with van der Waals surface area (Å²) in [5.41, 5.74) is 2.25. The largest absolute Gasteiger partial charge is 0.507 e. The summed E-state index contributed by atoms with van der Waals surface area (Å²) >= 11 is 1.56. The molecule has 0 atom stereocenters. The van der Waals surface area contributed by atoms with E-state index in [0.29, 0.717) is 36.6 Å². The van der Waals surface area contributed by atoms with E-state index in [9.17, 15) is 14.7 Å². The van der Waals surface area contributed by atoms with Crippen molar-refractivity contribution in [3.8, 4) is 5.75 Å². The number of carbonyl (C=O) groups excluding carboxylic acids is 2. The molecule has 0 bridgehead atoms. The van der Waals surface area contributed by atoms with Crippen molar-refractivity contribution in [2.24, 2.45) is 0 Å². The van der Waals surface area contributed by atoms with Crippen LogP contribution in [0.4, 0.5) is 0 Å². The molecule has 1 aliphatic heterocycles. The van der Waals surface area contributed by atoms with Gasteiger partial charge in [0.2, 0.25) is 0 Å². The van der Waals surface area contributed by atoms with Gasteiger partial charge in [0.25, 0.3) is 5.91 Å². The van der Waals surface area contributed by atoms with Crippen LogP contribution in [0.5, 0.6) is 5.75 Å². The lowest BCUT2D eigenvalue weighted by molar-refractivity contribution is -0.141. The summed E-state index contributed by atoms with van der Waals surface area (Å²) in [6.07, 6.45) is 2.84. The van der Waals surface area contributed by atoms with Crippen molar-refractivity contribution >= 4 is 29.7 Å². The van der Waals surface area contributed by atoms with E-state index in [0.717, 1.165) is 22.4 Å². The standard InChI is InChI=1S/C24H35NO4S/c1-23(2,3)17-13-16(14-18(21(17)27)24(4,5)6)15-19-22(28)25(11-12-30-19)10-8-9-20(26)29-7/h13-15,27H,8-12H2,1-7H3. The lowest BCUT2D eigenvalue weighted by atomic mass is 9.78. The number of carbonyl (C=O) groups is 2. The molecule has 1 N–H and O–H groups in total. The minimum absolute atomic E-state index is 0.00110. The van der Waals surface area contributed by atoms with Crippen molar-refractivity contribution in [2.75, 3.05) is 26.0 Å². The fourth-order valence-electron chi connectivity index (χ4n) is 3.45. The predicted molar refractivity (Wildman–Crippen MR) is 124 cm³/mol. The number of thioether (sulfide) groups is 1. The summed E-state index contributed by atoms with van der Waals surface area (Å²) in [5.74, 6) is 0.910. The van der Waals surface area contributed by atoms with Gasteiger partial charge in [-0.1, -0.05) is 41.5 Å². The lowest BCUT2D eigenvalue weighted by Gasteiger charge is -2.29. The summed E-state index contributed by atoms with van der Waals surface area (Å²) < 4.78 is 4.68. The summed E-state index contributed by atoms with van der Waals surface area (Å²) in [6, 6.07) is 3.98. The van der Waals surface area contributed by atoms with Crippen LogP contribution in [-0.4, -0.2) is 47.8 Å². The van der Waals surface area contributed by atoms with Gasteiger partial charge in [0.1, 0.15) is 5.75 Å². The highest BCUT2D eigenvalue weighted by Gasteiger charge is 2.28. The number of aromatic hydroxyl groups is 1. The molecule has 0 aromatic heterocycles. The van der Waals surface area contributed by atoms with E-state index in [2.05, 4.69) is 46.3 Å². The third-order valence-corrected chi connectivity index (χ3v) is 6.19. The Bertz CT molecular complexity index is 796. The van der Waals surface area contributed by atoms with Gasteiger partial charge in [-0.05, 0) is 41.0 Å². The third kappa shape index (κ3) is 6.03. The summed E-state index contributed by atoms with van der Waals surface area (Å²) in [5, 5.41) is 10.9. The fraction of sp³-hybridized carbons (Fsp3) is 0.583. The number of phenols is 1. The molecule has 0 unspecified atom stereocenters. The Labute approximate surface area is 184 Å². The highest BCUT2D eigenvalue weighted by Crippen LogP contribution is 2.40. The van der Waals surface area contributed by atoms with E-state index in [4.69, 9.17) is 0 Å². The molecule has 0 radical (unpaired) electrons. The highest BCUT2D eigenvalue weighted by molar-refractivity contribution is 8.04. The zero-order valence-corrected chi connectivity index (χ0v) is 20.1. The van der Waals surface area contributed by atoms with Crippen molar-refractivity contribution in [3.05, 3.63) is 33.7 Å². The third-order valence-electron chi connectivity index (χ3n) is 5.20. The van der Waals surface area contributed by atoms with Gasteiger partial charge in [-0.2, -0.15) is 0 Å². The van der Waals surface area contributed by atoms with Crippen LogP contribution in [0.3, 0.4) is 0 Å². The number of hydrogen-bond donors (Lipinski definition) is 1. The molecular weight excluding hydrogens is 398 g/mol. The van der Waals surface area contributed by atoms with Crippen LogP contribution in [0.15, 0.2) is 17.0 Å². The molecule has 1 amide bonds. The molecule has 1 aliphatic rings. The van der Waals surface area contributed by atoms with E-state index in [1.54, 1.807) is 16.7 Å². The van der Waals surface area contributed by atoms with Gasteiger partial charge in [0.15, 0.2) is 0 Å². The predicted octanol–water partition coefficient (Wildman–Crippen LogP) is 4.86. The van der Waals surface area contributed by atoms with E-state index in [-0.39, 0.29) is 22.7 Å². The van der Waals surface area contributed by atoms with Gasteiger partial charge in [0.05, 0.1) is 12.0 Å². The zero-order chi connectivity index (χ0) is 22.7. The summed E-state index contributed by atoms with van der Waals surface area (Å²) in [7, 11) is 1.38. The smallest absolute Gasteiger partial charge is 0.305 e. The van der Waals surface area contributed by atoms with E-state index >= 15 is 0 Å². The molecule has 2 rings (SSSR count). The molecule has 1 heterocycles. The molecule has 0 saturated carbocycles. The minimum Gasteiger partial charge on any atom is -0.507 e. The Balaban J connectivity index is 2.34. The van der Waals surface area contributed by atoms with Gasteiger partial charge in [-0.25, -0.2) is 0 Å². The number of esters is 1. The first-order valence-electron chi connectivity index (χ1n) is 10.4. The second kappa shape index (κ2) is 9.46. The van der Waals surface area contributed by atoms with Crippen molar-refractivity contribution < 1.29 is 19.4 Å². The highest BCUT2D eigenvalue weighted by atomic mass is 32.2. The van der Waals surface area contributed by atoms with Crippen LogP contribution in [0.2, 0.25) is 0 Å². The number of nitrogens with zero attached hydrogens (tertiary/aromatic N) is 1. The van der Waals surface area contributed by atoms with E-state index in [1.807, 2.05) is 18.2 Å². The van der Waals surface area contributed by atoms with Gasteiger partial charge < -0.3 is 14.7 Å². The first-order valence-corrected chi connectivity index (χ1v) is 11.4. The van der Waals surface area contributed by atoms with Crippen molar-refractivity contribution in [1.29, 1.82) is 0 Å². The Morgan fingerprint density at radius 3 is 2.23 bits per heavy atom. The van der Waals surface area contributed by atoms with Crippen LogP contribution in [0.1, 0.15) is 71.1 Å². The number of amides is 1. The van der Waals surface area contributed by atoms with Crippen LogP contribution in [0, 0.1) is 0 Å². The second-order valence-corrected chi connectivity index (χ2v) is 10.9. The van der Waals surface area contributed by atoms with Crippen LogP contribution < -0.4 is 0 Å². The van der Waals surface area contributed by atoms with E-state index < -0.39 is 0 Å². The number of ether oxygens (including phenoxy) is 1. The Morgan fingerprint density at radius 2 is 1.73 bits per heavy atom. The van der Waals surface area contributed by atoms with Gasteiger partial charge in [0, 0.05) is 36.4 Å². The quantitative estimate of drug-likeness (QED) is 0.531.